The lowest BCUT2D eigenvalue weighted by Crippen LogP contribution is -1.98. The summed E-state index contributed by atoms with van der Waals surface area (Å²) >= 11 is 0. The van der Waals surface area contributed by atoms with Crippen molar-refractivity contribution in [2.45, 2.75) is 27.2 Å². The van der Waals surface area contributed by atoms with E-state index in [4.69, 9.17) is 9.40 Å². The zero-order valence-electron chi connectivity index (χ0n) is 17.4. The molecule has 5 aromatic rings. The summed E-state index contributed by atoms with van der Waals surface area (Å²) in [4.78, 5) is 4.99. The number of hydrogen-bond donors (Lipinski definition) is 0. The Balaban J connectivity index is 1.85. The van der Waals surface area contributed by atoms with E-state index in [0.29, 0.717) is 17.1 Å². The van der Waals surface area contributed by atoms with Crippen molar-refractivity contribution < 1.29 is 4.42 Å². The lowest BCUT2D eigenvalue weighted by atomic mass is 9.96. The summed E-state index contributed by atoms with van der Waals surface area (Å²) in [7, 11) is 0. The van der Waals surface area contributed by atoms with E-state index in [0.717, 1.165) is 45.1 Å². The highest BCUT2D eigenvalue weighted by atomic mass is 16.3. The monoisotopic (exact) mass is 390 g/mol. The van der Waals surface area contributed by atoms with Crippen molar-refractivity contribution in [3.8, 4) is 17.3 Å². The molecule has 0 fully saturated rings. The average Bonchev–Trinajstić information content (AvgIpc) is 3.11. The van der Waals surface area contributed by atoms with Crippen LogP contribution in [0.5, 0.6) is 0 Å². The smallest absolute Gasteiger partial charge is 0.153 e. The maximum atomic E-state index is 9.52. The fourth-order valence-corrected chi connectivity index (χ4v) is 4.32. The molecule has 2 aromatic heterocycles. The van der Waals surface area contributed by atoms with Crippen LogP contribution < -0.4 is 0 Å². The third-order valence-electron chi connectivity index (χ3n) is 5.57. The van der Waals surface area contributed by atoms with Gasteiger partial charge in [0.25, 0.3) is 0 Å². The minimum atomic E-state index is 0.547. The second-order valence-corrected chi connectivity index (χ2v) is 8.37. The summed E-state index contributed by atoms with van der Waals surface area (Å²) in [5, 5.41) is 12.7. The molecule has 0 bridgehead atoms. The van der Waals surface area contributed by atoms with E-state index in [1.807, 2.05) is 18.2 Å². The van der Waals surface area contributed by atoms with Gasteiger partial charge in [0, 0.05) is 21.7 Å². The number of aryl methyl sites for hydroxylation is 1. The van der Waals surface area contributed by atoms with Gasteiger partial charge in [-0.2, -0.15) is 5.26 Å². The summed E-state index contributed by atoms with van der Waals surface area (Å²) in [5.74, 6) is 0.547. The Labute approximate surface area is 175 Å². The molecule has 0 spiro atoms. The number of rotatable bonds is 3. The molecule has 0 N–H and O–H groups in total. The van der Waals surface area contributed by atoms with Crippen LogP contribution in [-0.4, -0.2) is 4.98 Å². The van der Waals surface area contributed by atoms with Crippen molar-refractivity contribution in [3.63, 3.8) is 0 Å². The SMILES string of the molecule is Cc1cc(-c2cc(CC(C)C)c3ccccc3n2)c2oc3c(C#N)cccc3c2c1. The molecule has 0 aliphatic rings. The second-order valence-electron chi connectivity index (χ2n) is 8.37. The standard InChI is InChI=1S/C27H22N2O/c1-16(2)11-19-14-25(29-24-10-5-4-8-20(19)24)23-13-17(3)12-22-21-9-6-7-18(15-28)26(21)30-27(22)23/h4-10,12-14,16H,11H2,1-3H3. The molecular formula is C27H22N2O. The highest BCUT2D eigenvalue weighted by molar-refractivity contribution is 6.11. The fraction of sp³-hybridized carbons (Fsp3) is 0.185. The van der Waals surface area contributed by atoms with Crippen molar-refractivity contribution in [2.24, 2.45) is 5.92 Å². The van der Waals surface area contributed by atoms with Crippen LogP contribution in [0.2, 0.25) is 0 Å². The second kappa shape index (κ2) is 7.00. The molecular weight excluding hydrogens is 368 g/mol. The van der Waals surface area contributed by atoms with Gasteiger partial charge in [-0.3, -0.25) is 0 Å². The molecule has 0 saturated carbocycles. The first-order valence-electron chi connectivity index (χ1n) is 10.3. The van der Waals surface area contributed by atoms with Gasteiger partial charge in [-0.25, -0.2) is 4.98 Å². The maximum Gasteiger partial charge on any atom is 0.153 e. The number of fused-ring (bicyclic) bond motifs is 4. The molecule has 0 aliphatic carbocycles. The first-order chi connectivity index (χ1) is 14.5. The number of benzene rings is 3. The number of para-hydroxylation sites is 2. The van der Waals surface area contributed by atoms with Crippen molar-refractivity contribution in [1.29, 1.82) is 5.26 Å². The zero-order valence-corrected chi connectivity index (χ0v) is 17.4. The topological polar surface area (TPSA) is 49.8 Å². The van der Waals surface area contributed by atoms with Crippen molar-refractivity contribution in [1.82, 2.24) is 4.98 Å². The molecule has 146 valence electrons. The summed E-state index contributed by atoms with van der Waals surface area (Å²) in [6.45, 7) is 6.57. The van der Waals surface area contributed by atoms with Crippen LogP contribution in [-0.2, 0) is 6.42 Å². The van der Waals surface area contributed by atoms with Gasteiger partial charge < -0.3 is 4.42 Å². The Bertz CT molecular complexity index is 1470. The van der Waals surface area contributed by atoms with E-state index < -0.39 is 0 Å². The third-order valence-corrected chi connectivity index (χ3v) is 5.57. The predicted octanol–water partition coefficient (Wildman–Crippen LogP) is 7.18. The number of nitrogens with zero attached hydrogens (tertiary/aromatic N) is 2. The minimum Gasteiger partial charge on any atom is -0.454 e. The number of nitriles is 1. The lowest BCUT2D eigenvalue weighted by molar-refractivity contribution is 0.650. The minimum absolute atomic E-state index is 0.547. The quantitative estimate of drug-likeness (QED) is 0.328. The number of aromatic nitrogens is 1. The number of furan rings is 1. The summed E-state index contributed by atoms with van der Waals surface area (Å²) in [5.41, 5.74) is 7.31. The van der Waals surface area contributed by atoms with Gasteiger partial charge in [-0.05, 0) is 60.7 Å². The van der Waals surface area contributed by atoms with Crippen LogP contribution in [0.15, 0.2) is 65.1 Å². The van der Waals surface area contributed by atoms with Gasteiger partial charge >= 0.3 is 0 Å². The molecule has 0 radical (unpaired) electrons. The molecule has 2 heterocycles. The zero-order chi connectivity index (χ0) is 20.8. The van der Waals surface area contributed by atoms with E-state index in [9.17, 15) is 5.26 Å². The molecule has 0 saturated heterocycles. The Hall–Kier alpha value is -3.64. The molecule has 30 heavy (non-hydrogen) atoms. The van der Waals surface area contributed by atoms with Crippen molar-refractivity contribution in [3.05, 3.63) is 77.4 Å². The van der Waals surface area contributed by atoms with Gasteiger partial charge in [-0.1, -0.05) is 44.2 Å². The average molecular weight is 390 g/mol. The molecule has 3 heteroatoms. The summed E-state index contributed by atoms with van der Waals surface area (Å²) in [6.07, 6.45) is 0.990. The normalized spacial score (nSPS) is 11.6. The third kappa shape index (κ3) is 2.93. The molecule has 3 nitrogen and oxygen atoms in total. The molecule has 5 rings (SSSR count). The Morgan fingerprint density at radius 3 is 2.53 bits per heavy atom. The van der Waals surface area contributed by atoms with Crippen molar-refractivity contribution in [2.75, 3.05) is 0 Å². The van der Waals surface area contributed by atoms with Crippen LogP contribution in [0.4, 0.5) is 0 Å². The first-order valence-corrected chi connectivity index (χ1v) is 10.3. The van der Waals surface area contributed by atoms with E-state index >= 15 is 0 Å². The van der Waals surface area contributed by atoms with Crippen LogP contribution in [0.25, 0.3) is 44.1 Å². The summed E-state index contributed by atoms with van der Waals surface area (Å²) in [6, 6.07) is 22.8. The van der Waals surface area contributed by atoms with Gasteiger partial charge in [0.2, 0.25) is 0 Å². The Morgan fingerprint density at radius 2 is 1.73 bits per heavy atom. The summed E-state index contributed by atoms with van der Waals surface area (Å²) < 4.78 is 6.29. The van der Waals surface area contributed by atoms with Crippen molar-refractivity contribution >= 4 is 32.8 Å². The van der Waals surface area contributed by atoms with Crippen LogP contribution in [0.1, 0.15) is 30.5 Å². The Morgan fingerprint density at radius 1 is 0.933 bits per heavy atom. The van der Waals surface area contributed by atoms with Gasteiger partial charge in [0.15, 0.2) is 5.58 Å². The van der Waals surface area contributed by atoms with Gasteiger partial charge in [0.05, 0.1) is 16.8 Å². The molecule has 0 atom stereocenters. The maximum absolute atomic E-state index is 9.52. The predicted molar refractivity (Wildman–Crippen MR) is 122 cm³/mol. The first kappa shape index (κ1) is 18.4. The number of hydrogen-bond acceptors (Lipinski definition) is 3. The van der Waals surface area contributed by atoms with Crippen LogP contribution in [0.3, 0.4) is 0 Å². The van der Waals surface area contributed by atoms with Gasteiger partial charge in [0.1, 0.15) is 11.7 Å². The largest absolute Gasteiger partial charge is 0.454 e. The molecule has 0 aliphatic heterocycles. The molecule has 3 aromatic carbocycles. The van der Waals surface area contributed by atoms with Gasteiger partial charge in [-0.15, -0.1) is 0 Å². The molecule has 0 amide bonds. The van der Waals surface area contributed by atoms with E-state index in [1.54, 1.807) is 6.07 Å². The Kier molecular flexibility index (Phi) is 4.29. The molecule has 0 unspecified atom stereocenters. The lowest BCUT2D eigenvalue weighted by Gasteiger charge is -2.12. The highest BCUT2D eigenvalue weighted by Gasteiger charge is 2.17. The van der Waals surface area contributed by atoms with Crippen LogP contribution in [0, 0.1) is 24.2 Å². The van der Waals surface area contributed by atoms with E-state index in [1.165, 1.54) is 10.9 Å². The highest BCUT2D eigenvalue weighted by Crippen LogP contribution is 2.38. The fourth-order valence-electron chi connectivity index (χ4n) is 4.32. The number of pyridine rings is 1. The van der Waals surface area contributed by atoms with Crippen LogP contribution >= 0.6 is 0 Å². The van der Waals surface area contributed by atoms with E-state index in [-0.39, 0.29) is 0 Å². The van der Waals surface area contributed by atoms with E-state index in [2.05, 4.69) is 63.2 Å².